The number of nitrogens with zero attached hydrogens (tertiary/aromatic N) is 3. The quantitative estimate of drug-likeness (QED) is 0.785. The number of pyridine rings is 1. The van der Waals surface area contributed by atoms with E-state index in [4.69, 9.17) is 0 Å². The van der Waals surface area contributed by atoms with Gasteiger partial charge in [-0.3, -0.25) is 9.88 Å². The summed E-state index contributed by atoms with van der Waals surface area (Å²) in [5.41, 5.74) is 2.13. The minimum atomic E-state index is -0.0338. The minimum absolute atomic E-state index is 0.0338. The zero-order valence-electron chi connectivity index (χ0n) is 14.3. The van der Waals surface area contributed by atoms with E-state index in [1.807, 2.05) is 25.4 Å². The Kier molecular flexibility index (Phi) is 6.59. The van der Waals surface area contributed by atoms with Gasteiger partial charge in [-0.1, -0.05) is 19.1 Å². The number of aromatic nitrogens is 1. The second kappa shape index (κ2) is 8.67. The Morgan fingerprint density at radius 2 is 2.39 bits per heavy atom. The predicted octanol–water partition coefficient (Wildman–Crippen LogP) is 2.29. The maximum atomic E-state index is 12.2. The molecule has 1 saturated heterocycles. The van der Waals surface area contributed by atoms with Crippen molar-refractivity contribution in [2.24, 2.45) is 5.92 Å². The second-order valence-electron chi connectivity index (χ2n) is 6.26. The fraction of sp³-hybridized carbons (Fsp3) is 0.556. The molecule has 1 aliphatic rings. The molecule has 5 heteroatoms. The first-order chi connectivity index (χ1) is 11.1. The number of aryl methyl sites for hydroxylation is 1. The molecule has 1 N–H and O–H groups in total. The third-order valence-corrected chi connectivity index (χ3v) is 4.34. The molecule has 1 aromatic heterocycles. The smallest absolute Gasteiger partial charge is 0.317 e. The molecule has 1 atom stereocenters. The molecule has 0 bridgehead atoms. The van der Waals surface area contributed by atoms with E-state index in [1.165, 1.54) is 5.56 Å². The van der Waals surface area contributed by atoms with Gasteiger partial charge in [0.25, 0.3) is 0 Å². The van der Waals surface area contributed by atoms with Crippen LogP contribution in [0.2, 0.25) is 0 Å². The number of carbonyl (C=O) groups excluding carboxylic acids is 1. The summed E-state index contributed by atoms with van der Waals surface area (Å²) in [7, 11) is 1.81. The fourth-order valence-electron chi connectivity index (χ4n) is 2.87. The van der Waals surface area contributed by atoms with E-state index in [0.717, 1.165) is 44.7 Å². The van der Waals surface area contributed by atoms with Crippen LogP contribution in [0.15, 0.2) is 31.0 Å². The Morgan fingerprint density at radius 3 is 3.04 bits per heavy atom. The maximum Gasteiger partial charge on any atom is 0.317 e. The third kappa shape index (κ3) is 5.36. The zero-order chi connectivity index (χ0) is 16.7. The Labute approximate surface area is 139 Å². The van der Waals surface area contributed by atoms with Crippen LogP contribution < -0.4 is 5.32 Å². The van der Waals surface area contributed by atoms with E-state index >= 15 is 0 Å². The monoisotopic (exact) mass is 316 g/mol. The molecule has 1 aromatic rings. The summed E-state index contributed by atoms with van der Waals surface area (Å²) in [5, 5.41) is 3.04. The maximum absolute atomic E-state index is 12.2. The Balaban J connectivity index is 1.73. The molecule has 0 radical (unpaired) electrons. The predicted molar refractivity (Wildman–Crippen MR) is 93.2 cm³/mol. The van der Waals surface area contributed by atoms with Gasteiger partial charge in [-0.15, -0.1) is 6.58 Å². The number of urea groups is 1. The van der Waals surface area contributed by atoms with Crippen molar-refractivity contribution in [1.29, 1.82) is 0 Å². The van der Waals surface area contributed by atoms with Crippen LogP contribution in [0, 0.1) is 5.92 Å². The summed E-state index contributed by atoms with van der Waals surface area (Å²) < 4.78 is 0. The van der Waals surface area contributed by atoms with Crippen LogP contribution in [-0.4, -0.2) is 54.0 Å². The van der Waals surface area contributed by atoms with Crippen LogP contribution in [0.3, 0.4) is 0 Å². The van der Waals surface area contributed by atoms with Crippen LogP contribution in [-0.2, 0) is 13.0 Å². The lowest BCUT2D eigenvalue weighted by Gasteiger charge is -2.19. The normalized spacial score (nSPS) is 17.9. The van der Waals surface area contributed by atoms with Gasteiger partial charge in [0.1, 0.15) is 0 Å². The van der Waals surface area contributed by atoms with Gasteiger partial charge in [-0.05, 0) is 36.9 Å². The van der Waals surface area contributed by atoms with Gasteiger partial charge in [0, 0.05) is 32.9 Å². The van der Waals surface area contributed by atoms with Gasteiger partial charge in [-0.2, -0.15) is 0 Å². The lowest BCUT2D eigenvalue weighted by Crippen LogP contribution is -2.39. The number of nitrogens with one attached hydrogen (secondary N) is 1. The lowest BCUT2D eigenvalue weighted by molar-refractivity contribution is 0.204. The molecular weight excluding hydrogens is 288 g/mol. The second-order valence-corrected chi connectivity index (χ2v) is 6.26. The number of likely N-dealkylation sites (tertiary alicyclic amines) is 1. The molecule has 1 aliphatic heterocycles. The molecule has 0 spiro atoms. The molecule has 126 valence electrons. The van der Waals surface area contributed by atoms with Crippen molar-refractivity contribution >= 4 is 6.03 Å². The average Bonchev–Trinajstić information content (AvgIpc) is 3.01. The van der Waals surface area contributed by atoms with Gasteiger partial charge in [0.2, 0.25) is 0 Å². The third-order valence-electron chi connectivity index (χ3n) is 4.34. The molecule has 23 heavy (non-hydrogen) atoms. The highest BCUT2D eigenvalue weighted by molar-refractivity contribution is 5.73. The first-order valence-corrected chi connectivity index (χ1v) is 8.38. The molecule has 0 unspecified atom stereocenters. The highest BCUT2D eigenvalue weighted by Crippen LogP contribution is 2.15. The molecule has 2 rings (SSSR count). The van der Waals surface area contributed by atoms with E-state index in [1.54, 1.807) is 4.90 Å². The van der Waals surface area contributed by atoms with Crippen molar-refractivity contribution in [3.63, 3.8) is 0 Å². The molecule has 0 aromatic carbocycles. The van der Waals surface area contributed by atoms with Crippen molar-refractivity contribution in [1.82, 2.24) is 20.1 Å². The van der Waals surface area contributed by atoms with Crippen molar-refractivity contribution in [2.45, 2.75) is 26.3 Å². The van der Waals surface area contributed by atoms with E-state index < -0.39 is 0 Å². The van der Waals surface area contributed by atoms with Crippen molar-refractivity contribution < 1.29 is 4.79 Å². The summed E-state index contributed by atoms with van der Waals surface area (Å²) in [4.78, 5) is 20.6. The van der Waals surface area contributed by atoms with Crippen LogP contribution in [0.1, 0.15) is 24.6 Å². The Morgan fingerprint density at radius 1 is 1.57 bits per heavy atom. The first kappa shape index (κ1) is 17.5. The molecule has 0 saturated carbocycles. The summed E-state index contributed by atoms with van der Waals surface area (Å²) in [6, 6.07) is 4.03. The van der Waals surface area contributed by atoms with E-state index in [2.05, 4.69) is 34.8 Å². The van der Waals surface area contributed by atoms with Crippen molar-refractivity contribution in [3.05, 3.63) is 42.2 Å². The van der Waals surface area contributed by atoms with Gasteiger partial charge >= 0.3 is 6.03 Å². The SMILES string of the molecule is C=CCN1CC[C@@H](CNC(=O)N(C)Cc2ccc(CC)cn2)C1. The number of rotatable bonds is 7. The van der Waals surface area contributed by atoms with E-state index in [-0.39, 0.29) is 6.03 Å². The van der Waals surface area contributed by atoms with Crippen LogP contribution >= 0.6 is 0 Å². The summed E-state index contributed by atoms with van der Waals surface area (Å²) >= 11 is 0. The minimum Gasteiger partial charge on any atom is -0.338 e. The molecular formula is C18H28N4O. The van der Waals surface area contributed by atoms with Gasteiger partial charge in [-0.25, -0.2) is 4.79 Å². The van der Waals surface area contributed by atoms with E-state index in [0.29, 0.717) is 12.5 Å². The number of hydrogen-bond donors (Lipinski definition) is 1. The van der Waals surface area contributed by atoms with E-state index in [9.17, 15) is 4.79 Å². The molecule has 0 aliphatic carbocycles. The Bertz CT molecular complexity index is 514. The Hall–Kier alpha value is -1.88. The largest absolute Gasteiger partial charge is 0.338 e. The topological polar surface area (TPSA) is 48.5 Å². The fourth-order valence-corrected chi connectivity index (χ4v) is 2.87. The van der Waals surface area contributed by atoms with Crippen LogP contribution in [0.5, 0.6) is 0 Å². The van der Waals surface area contributed by atoms with Crippen molar-refractivity contribution in [3.8, 4) is 0 Å². The lowest BCUT2D eigenvalue weighted by atomic mass is 10.1. The summed E-state index contributed by atoms with van der Waals surface area (Å²) in [6.45, 7) is 10.2. The molecule has 5 nitrogen and oxygen atoms in total. The highest BCUT2D eigenvalue weighted by atomic mass is 16.2. The van der Waals surface area contributed by atoms with Crippen LogP contribution in [0.25, 0.3) is 0 Å². The molecule has 2 amide bonds. The molecule has 2 heterocycles. The van der Waals surface area contributed by atoms with Crippen molar-refractivity contribution in [2.75, 3.05) is 33.2 Å². The number of amides is 2. The zero-order valence-corrected chi connectivity index (χ0v) is 14.3. The summed E-state index contributed by atoms with van der Waals surface area (Å²) in [6.07, 6.45) is 5.94. The van der Waals surface area contributed by atoms with Gasteiger partial charge in [0.15, 0.2) is 0 Å². The van der Waals surface area contributed by atoms with Gasteiger partial charge in [0.05, 0.1) is 12.2 Å². The highest BCUT2D eigenvalue weighted by Gasteiger charge is 2.22. The average molecular weight is 316 g/mol. The molecule has 1 fully saturated rings. The summed E-state index contributed by atoms with van der Waals surface area (Å²) in [5.74, 6) is 0.536. The number of hydrogen-bond acceptors (Lipinski definition) is 3. The van der Waals surface area contributed by atoms with Gasteiger partial charge < -0.3 is 10.2 Å². The first-order valence-electron chi connectivity index (χ1n) is 8.38. The number of carbonyl (C=O) groups is 1. The van der Waals surface area contributed by atoms with Crippen LogP contribution in [0.4, 0.5) is 4.79 Å². The standard InChI is InChI=1S/C18H28N4O/c1-4-9-22-10-8-16(13-22)12-20-18(23)21(3)14-17-7-6-15(5-2)11-19-17/h4,6-7,11,16H,1,5,8-10,12-14H2,2-3H3,(H,20,23)/t16-/m0/s1.